The minimum absolute atomic E-state index is 0.00728. The SMILES string of the molecule is COC(=O)c1ccc(C2NC(Cc3c[nH]c4ccccc34)(C(=O)O)C3C(=O)N(Cc4ccc([N+](=O)[O-])o4)C(=O)C23)cc1. The van der Waals surface area contributed by atoms with Crippen molar-refractivity contribution in [2.24, 2.45) is 11.8 Å². The Kier molecular flexibility index (Phi) is 6.38. The lowest BCUT2D eigenvalue weighted by atomic mass is 9.76. The fraction of sp³-hybridized carbons (Fsp3) is 0.241. The highest BCUT2D eigenvalue weighted by Crippen LogP contribution is 2.50. The van der Waals surface area contributed by atoms with E-state index in [0.29, 0.717) is 11.1 Å². The molecule has 0 aliphatic carbocycles. The molecule has 4 heterocycles. The third-order valence-corrected chi connectivity index (χ3v) is 8.10. The molecule has 0 bridgehead atoms. The number of carbonyl (C=O) groups excluding carboxylic acids is 3. The molecule has 0 saturated carbocycles. The zero-order valence-electron chi connectivity index (χ0n) is 22.1. The number of ether oxygens (including phenoxy) is 1. The van der Waals surface area contributed by atoms with E-state index in [1.54, 1.807) is 18.3 Å². The van der Waals surface area contributed by atoms with Crippen LogP contribution < -0.4 is 5.32 Å². The third-order valence-electron chi connectivity index (χ3n) is 8.10. The van der Waals surface area contributed by atoms with Gasteiger partial charge in [-0.3, -0.25) is 34.7 Å². The molecule has 2 amide bonds. The fourth-order valence-electron chi connectivity index (χ4n) is 6.17. The zero-order chi connectivity index (χ0) is 29.8. The number of nitro groups is 1. The summed E-state index contributed by atoms with van der Waals surface area (Å²) in [4.78, 5) is 67.4. The molecule has 2 aromatic heterocycles. The minimum atomic E-state index is -1.89. The molecule has 13 nitrogen and oxygen atoms in total. The third kappa shape index (κ3) is 4.13. The number of aliphatic carboxylic acids is 1. The van der Waals surface area contributed by atoms with Crippen LogP contribution in [0.1, 0.15) is 33.3 Å². The van der Waals surface area contributed by atoms with Crippen molar-refractivity contribution in [3.8, 4) is 0 Å². The predicted molar refractivity (Wildman–Crippen MR) is 144 cm³/mol. The Morgan fingerprint density at radius 3 is 2.50 bits per heavy atom. The molecule has 6 rings (SSSR count). The number of carboxylic acid groups (broad SMARTS) is 1. The van der Waals surface area contributed by atoms with Crippen LogP contribution in [-0.2, 0) is 32.1 Å². The van der Waals surface area contributed by atoms with Crippen LogP contribution in [-0.4, -0.2) is 56.3 Å². The molecular weight excluding hydrogens is 548 g/mol. The smallest absolute Gasteiger partial charge is 0.433 e. The maximum absolute atomic E-state index is 14.0. The van der Waals surface area contributed by atoms with Gasteiger partial charge < -0.3 is 19.2 Å². The first-order valence-electron chi connectivity index (χ1n) is 13.0. The zero-order valence-corrected chi connectivity index (χ0v) is 22.1. The highest BCUT2D eigenvalue weighted by Gasteiger charge is 2.68. The van der Waals surface area contributed by atoms with Crippen LogP contribution in [0, 0.1) is 22.0 Å². The molecule has 4 atom stereocenters. The van der Waals surface area contributed by atoms with Crippen LogP contribution in [0.15, 0.2) is 71.3 Å². The molecule has 2 fully saturated rings. The fourth-order valence-corrected chi connectivity index (χ4v) is 6.17. The molecule has 3 N–H and O–H groups in total. The van der Waals surface area contributed by atoms with Crippen molar-refractivity contribution in [2.45, 2.75) is 24.5 Å². The molecule has 0 spiro atoms. The summed E-state index contributed by atoms with van der Waals surface area (Å²) in [6.07, 6.45) is 1.56. The van der Waals surface area contributed by atoms with E-state index in [9.17, 15) is 34.4 Å². The van der Waals surface area contributed by atoms with E-state index in [2.05, 4.69) is 10.3 Å². The number of hydrogen-bond donors (Lipinski definition) is 3. The first kappa shape index (κ1) is 26.9. The Morgan fingerprint density at radius 2 is 1.83 bits per heavy atom. The van der Waals surface area contributed by atoms with Gasteiger partial charge >= 0.3 is 17.8 Å². The number of hydrogen-bond acceptors (Lipinski definition) is 9. The van der Waals surface area contributed by atoms with Crippen molar-refractivity contribution in [3.63, 3.8) is 0 Å². The number of likely N-dealkylation sites (tertiary alicyclic amines) is 1. The number of H-pyrrole nitrogens is 1. The van der Waals surface area contributed by atoms with E-state index in [1.165, 1.54) is 25.3 Å². The van der Waals surface area contributed by atoms with Crippen molar-refractivity contribution in [1.29, 1.82) is 0 Å². The number of para-hydroxylation sites is 1. The average Bonchev–Trinajstić information content (AvgIpc) is 3.75. The summed E-state index contributed by atoms with van der Waals surface area (Å²) in [7, 11) is 1.25. The monoisotopic (exact) mass is 572 g/mol. The van der Waals surface area contributed by atoms with Crippen LogP contribution in [0.4, 0.5) is 5.88 Å². The summed E-state index contributed by atoms with van der Waals surface area (Å²) in [6.45, 7) is -0.394. The molecule has 0 radical (unpaired) electrons. The normalized spacial score (nSPS) is 23.4. The molecule has 13 heteroatoms. The number of nitrogens with one attached hydrogen (secondary N) is 2. The first-order chi connectivity index (χ1) is 20.1. The van der Waals surface area contributed by atoms with Crippen molar-refractivity contribution in [3.05, 3.63) is 99.4 Å². The Bertz CT molecular complexity index is 1760. The molecule has 42 heavy (non-hydrogen) atoms. The van der Waals surface area contributed by atoms with Crippen LogP contribution >= 0.6 is 0 Å². The molecule has 2 aliphatic rings. The lowest BCUT2D eigenvalue weighted by molar-refractivity contribution is -0.402. The summed E-state index contributed by atoms with van der Waals surface area (Å²) in [5, 5.41) is 25.7. The Balaban J connectivity index is 1.43. The standard InChI is InChI=1S/C29H24N4O9/c1-41-27(36)16-8-6-15(7-9-16)24-22-23(26(35)32(25(22)34)14-18-10-11-21(42-18)33(39)40)29(31-24,28(37)38)12-17-13-30-20-5-3-2-4-19(17)20/h2-11,13,22-24,30-31H,12,14H2,1H3,(H,37,38). The number of carboxylic acids is 1. The van der Waals surface area contributed by atoms with E-state index in [1.807, 2.05) is 24.3 Å². The van der Waals surface area contributed by atoms with Gasteiger partial charge in [-0.15, -0.1) is 0 Å². The summed E-state index contributed by atoms with van der Waals surface area (Å²) < 4.78 is 9.95. The lowest BCUT2D eigenvalue weighted by Crippen LogP contribution is -2.57. The second kappa shape index (κ2) is 9.96. The van der Waals surface area contributed by atoms with Crippen LogP contribution in [0.5, 0.6) is 0 Å². The van der Waals surface area contributed by atoms with Crippen LogP contribution in [0.2, 0.25) is 0 Å². The molecule has 2 aliphatic heterocycles. The first-order valence-corrected chi connectivity index (χ1v) is 13.0. The number of imide groups is 1. The molecule has 214 valence electrons. The molecule has 2 saturated heterocycles. The summed E-state index contributed by atoms with van der Waals surface area (Å²) in [5.74, 6) is -6.22. The van der Waals surface area contributed by atoms with Gasteiger partial charge in [-0.25, -0.2) is 4.79 Å². The number of amides is 2. The number of furan rings is 1. The second-order valence-corrected chi connectivity index (χ2v) is 10.3. The minimum Gasteiger partial charge on any atom is -0.480 e. The van der Waals surface area contributed by atoms with Crippen molar-refractivity contribution in [1.82, 2.24) is 15.2 Å². The van der Waals surface area contributed by atoms with E-state index in [0.717, 1.165) is 21.9 Å². The number of fused-ring (bicyclic) bond motifs is 2. The number of methoxy groups -OCH3 is 1. The number of rotatable bonds is 8. The predicted octanol–water partition coefficient (Wildman–Crippen LogP) is 2.97. The average molecular weight is 573 g/mol. The van der Waals surface area contributed by atoms with E-state index in [4.69, 9.17) is 9.15 Å². The number of aromatic nitrogens is 1. The van der Waals surface area contributed by atoms with Crippen LogP contribution in [0.3, 0.4) is 0 Å². The quantitative estimate of drug-likeness (QED) is 0.123. The molecule has 2 aromatic carbocycles. The maximum Gasteiger partial charge on any atom is 0.433 e. The Hall–Kier alpha value is -5.30. The van der Waals surface area contributed by atoms with Gasteiger partial charge in [0.2, 0.25) is 11.8 Å². The maximum atomic E-state index is 14.0. The van der Waals surface area contributed by atoms with Gasteiger partial charge in [-0.1, -0.05) is 30.3 Å². The Labute approximate surface area is 237 Å². The van der Waals surface area contributed by atoms with Gasteiger partial charge in [0.25, 0.3) is 0 Å². The number of benzene rings is 2. The summed E-state index contributed by atoms with van der Waals surface area (Å²) in [5.41, 5.74) is 0.289. The van der Waals surface area contributed by atoms with Gasteiger partial charge in [0, 0.05) is 29.6 Å². The molecule has 4 aromatic rings. The highest BCUT2D eigenvalue weighted by atomic mass is 16.6. The van der Waals surface area contributed by atoms with Gasteiger partial charge in [0.15, 0.2) is 0 Å². The van der Waals surface area contributed by atoms with Crippen molar-refractivity contribution in [2.75, 3.05) is 7.11 Å². The topological polar surface area (TPSA) is 185 Å². The number of aromatic amines is 1. The molecule has 4 unspecified atom stereocenters. The number of carbonyl (C=O) groups is 4. The largest absolute Gasteiger partial charge is 0.480 e. The Morgan fingerprint density at radius 1 is 1.10 bits per heavy atom. The van der Waals surface area contributed by atoms with Gasteiger partial charge in [-0.2, -0.15) is 0 Å². The lowest BCUT2D eigenvalue weighted by Gasteiger charge is -2.31. The second-order valence-electron chi connectivity index (χ2n) is 10.3. The van der Waals surface area contributed by atoms with Gasteiger partial charge in [0.05, 0.1) is 37.1 Å². The summed E-state index contributed by atoms with van der Waals surface area (Å²) in [6, 6.07) is 15.0. The number of esters is 1. The summed E-state index contributed by atoms with van der Waals surface area (Å²) >= 11 is 0. The van der Waals surface area contributed by atoms with Gasteiger partial charge in [0.1, 0.15) is 16.2 Å². The highest BCUT2D eigenvalue weighted by molar-refractivity contribution is 6.09. The van der Waals surface area contributed by atoms with Gasteiger partial charge in [-0.05, 0) is 35.4 Å². The van der Waals surface area contributed by atoms with E-state index >= 15 is 0 Å². The van der Waals surface area contributed by atoms with Crippen LogP contribution in [0.25, 0.3) is 10.9 Å². The molecular formula is C29H24N4O9. The van der Waals surface area contributed by atoms with Crippen molar-refractivity contribution < 1.29 is 38.4 Å². The van der Waals surface area contributed by atoms with Crippen molar-refractivity contribution >= 4 is 40.5 Å². The van der Waals surface area contributed by atoms with E-state index < -0.39 is 64.5 Å². The number of nitrogens with zero attached hydrogens (tertiary/aromatic N) is 2. The van der Waals surface area contributed by atoms with E-state index in [-0.39, 0.29) is 17.7 Å².